The topological polar surface area (TPSA) is 58.6 Å². The van der Waals surface area contributed by atoms with E-state index in [0.717, 1.165) is 53.0 Å². The predicted octanol–water partition coefficient (Wildman–Crippen LogP) is 5.44. The molecule has 2 amide bonds. The second-order valence-electron chi connectivity index (χ2n) is 8.87. The van der Waals surface area contributed by atoms with Crippen LogP contribution in [0.25, 0.3) is 0 Å². The molecule has 5 nitrogen and oxygen atoms in total. The van der Waals surface area contributed by atoms with Crippen LogP contribution in [-0.2, 0) is 22.6 Å². The number of amides is 2. The average Bonchev–Trinajstić information content (AvgIpc) is 3.55. The van der Waals surface area contributed by atoms with Crippen LogP contribution in [-0.4, -0.2) is 29.9 Å². The summed E-state index contributed by atoms with van der Waals surface area (Å²) in [6, 6.07) is 18.9. The summed E-state index contributed by atoms with van der Waals surface area (Å²) < 4.78 is 5.29. The molecule has 178 valence electrons. The Labute approximate surface area is 205 Å². The zero-order valence-electron chi connectivity index (χ0n) is 19.8. The van der Waals surface area contributed by atoms with Crippen molar-refractivity contribution in [3.8, 4) is 5.75 Å². The Kier molecular flexibility index (Phi) is 8.01. The van der Waals surface area contributed by atoms with Crippen LogP contribution < -0.4 is 10.1 Å². The number of thiophene rings is 1. The highest BCUT2D eigenvalue weighted by atomic mass is 32.1. The van der Waals surface area contributed by atoms with Crippen LogP contribution in [0.4, 0.5) is 0 Å². The summed E-state index contributed by atoms with van der Waals surface area (Å²) in [4.78, 5) is 30.2. The number of carbonyl (C=O) groups is 2. The molecule has 1 atom stereocenters. The van der Waals surface area contributed by atoms with Gasteiger partial charge in [-0.1, -0.05) is 55.3 Å². The van der Waals surface area contributed by atoms with Crippen molar-refractivity contribution in [1.82, 2.24) is 10.2 Å². The van der Waals surface area contributed by atoms with Gasteiger partial charge >= 0.3 is 0 Å². The Morgan fingerprint density at radius 1 is 1.06 bits per heavy atom. The third-order valence-electron chi connectivity index (χ3n) is 6.48. The molecule has 4 rings (SSSR count). The normalized spacial score (nSPS) is 14.5. The molecular weight excluding hydrogens is 444 g/mol. The van der Waals surface area contributed by atoms with Gasteiger partial charge in [0.15, 0.2) is 0 Å². The largest absolute Gasteiger partial charge is 0.497 e. The van der Waals surface area contributed by atoms with E-state index in [9.17, 15) is 9.59 Å². The van der Waals surface area contributed by atoms with Crippen molar-refractivity contribution in [2.45, 2.75) is 57.7 Å². The number of nitrogens with one attached hydrogen (secondary N) is 1. The van der Waals surface area contributed by atoms with E-state index >= 15 is 0 Å². The van der Waals surface area contributed by atoms with Gasteiger partial charge in [0.1, 0.15) is 11.8 Å². The average molecular weight is 477 g/mol. The van der Waals surface area contributed by atoms with Crippen molar-refractivity contribution >= 4 is 23.2 Å². The minimum absolute atomic E-state index is 0.0620. The molecule has 3 aromatic rings. The molecule has 1 aliphatic carbocycles. The van der Waals surface area contributed by atoms with E-state index in [-0.39, 0.29) is 24.3 Å². The van der Waals surface area contributed by atoms with Crippen molar-refractivity contribution in [2.24, 2.45) is 0 Å². The monoisotopic (exact) mass is 476 g/mol. The lowest BCUT2D eigenvalue weighted by Crippen LogP contribution is -2.46. The fraction of sp³-hybridized carbons (Fsp3) is 0.357. The van der Waals surface area contributed by atoms with Gasteiger partial charge in [-0.3, -0.25) is 9.59 Å². The lowest BCUT2D eigenvalue weighted by atomic mass is 9.97. The third kappa shape index (κ3) is 5.86. The lowest BCUT2D eigenvalue weighted by Gasteiger charge is -2.33. The summed E-state index contributed by atoms with van der Waals surface area (Å²) in [5.74, 6) is 0.594. The van der Waals surface area contributed by atoms with Gasteiger partial charge in [-0.05, 0) is 60.0 Å². The first kappa shape index (κ1) is 24.0. The summed E-state index contributed by atoms with van der Waals surface area (Å²) in [6.45, 7) is 2.34. The molecule has 1 N–H and O–H groups in total. The van der Waals surface area contributed by atoms with E-state index in [0.29, 0.717) is 6.54 Å². The van der Waals surface area contributed by atoms with Crippen LogP contribution >= 0.6 is 11.3 Å². The Hall–Kier alpha value is -3.12. The van der Waals surface area contributed by atoms with Crippen LogP contribution in [0.3, 0.4) is 0 Å². The number of hydrogen-bond donors (Lipinski definition) is 1. The summed E-state index contributed by atoms with van der Waals surface area (Å²) in [5.41, 5.74) is 2.82. The number of hydrogen-bond acceptors (Lipinski definition) is 4. The number of aryl methyl sites for hydroxylation is 1. The molecule has 0 bridgehead atoms. The molecule has 1 aliphatic rings. The number of benzene rings is 2. The number of ether oxygens (including phenoxy) is 1. The van der Waals surface area contributed by atoms with Gasteiger partial charge in [0.05, 0.1) is 13.5 Å². The highest BCUT2D eigenvalue weighted by molar-refractivity contribution is 7.10. The first-order valence-electron chi connectivity index (χ1n) is 11.9. The number of nitrogens with zero attached hydrogens (tertiary/aromatic N) is 1. The van der Waals surface area contributed by atoms with Crippen molar-refractivity contribution in [3.63, 3.8) is 0 Å². The first-order valence-corrected chi connectivity index (χ1v) is 12.7. The van der Waals surface area contributed by atoms with E-state index in [2.05, 4.69) is 5.32 Å². The molecule has 0 saturated heterocycles. The van der Waals surface area contributed by atoms with Crippen molar-refractivity contribution in [3.05, 3.63) is 87.6 Å². The summed E-state index contributed by atoms with van der Waals surface area (Å²) >= 11 is 1.56. The van der Waals surface area contributed by atoms with Gasteiger partial charge < -0.3 is 15.0 Å². The van der Waals surface area contributed by atoms with E-state index in [1.165, 1.54) is 0 Å². The maximum atomic E-state index is 13.8. The quantitative estimate of drug-likeness (QED) is 0.448. The molecule has 1 fully saturated rings. The first-order chi connectivity index (χ1) is 16.5. The molecule has 1 heterocycles. The highest BCUT2D eigenvalue weighted by Crippen LogP contribution is 2.29. The number of rotatable bonds is 9. The molecule has 0 radical (unpaired) electrons. The predicted molar refractivity (Wildman–Crippen MR) is 136 cm³/mol. The molecule has 1 saturated carbocycles. The maximum absolute atomic E-state index is 13.8. The van der Waals surface area contributed by atoms with E-state index in [4.69, 9.17) is 4.74 Å². The summed E-state index contributed by atoms with van der Waals surface area (Å²) in [7, 11) is 1.63. The van der Waals surface area contributed by atoms with Crippen LogP contribution in [0, 0.1) is 6.92 Å². The summed E-state index contributed by atoms with van der Waals surface area (Å²) in [5, 5.41) is 5.23. The van der Waals surface area contributed by atoms with Gasteiger partial charge in [0, 0.05) is 17.5 Å². The second-order valence-corrected chi connectivity index (χ2v) is 9.91. The fourth-order valence-corrected chi connectivity index (χ4v) is 5.31. The molecule has 2 aromatic carbocycles. The second kappa shape index (κ2) is 11.3. The fourth-order valence-electron chi connectivity index (χ4n) is 4.61. The molecule has 1 aromatic heterocycles. The Bertz CT molecular complexity index is 1090. The molecule has 0 spiro atoms. The SMILES string of the molecule is COc1ccc(CN(C(=O)Cc2cccs2)[C@H](C(=O)NC2CCCC2)c2ccccc2C)cc1. The van der Waals surface area contributed by atoms with E-state index in [1.54, 1.807) is 23.3 Å². The minimum Gasteiger partial charge on any atom is -0.497 e. The molecule has 0 aliphatic heterocycles. The Balaban J connectivity index is 1.70. The standard InChI is InChI=1S/C28H32N2O3S/c1-20-8-3-6-12-25(20)27(28(32)29-22-9-4-5-10-22)30(26(31)18-24-11-7-17-34-24)19-21-13-15-23(33-2)16-14-21/h3,6-8,11-17,22,27H,4-5,9-10,18-19H2,1-2H3,(H,29,32)/t27-/m0/s1. The van der Waals surface area contributed by atoms with E-state index < -0.39 is 6.04 Å². The van der Waals surface area contributed by atoms with Crippen LogP contribution in [0.1, 0.15) is 53.3 Å². The third-order valence-corrected chi connectivity index (χ3v) is 7.36. The van der Waals surface area contributed by atoms with Gasteiger partial charge in [-0.2, -0.15) is 0 Å². The van der Waals surface area contributed by atoms with Crippen molar-refractivity contribution in [2.75, 3.05) is 7.11 Å². The highest BCUT2D eigenvalue weighted by Gasteiger charge is 2.34. The maximum Gasteiger partial charge on any atom is 0.247 e. The zero-order chi connectivity index (χ0) is 23.9. The van der Waals surface area contributed by atoms with Crippen molar-refractivity contribution < 1.29 is 14.3 Å². The molecular formula is C28H32N2O3S. The Morgan fingerprint density at radius 3 is 2.44 bits per heavy atom. The minimum atomic E-state index is -0.698. The summed E-state index contributed by atoms with van der Waals surface area (Å²) in [6.07, 6.45) is 4.52. The van der Waals surface area contributed by atoms with Crippen LogP contribution in [0.5, 0.6) is 5.75 Å². The lowest BCUT2D eigenvalue weighted by molar-refractivity contribution is -0.141. The van der Waals surface area contributed by atoms with Gasteiger partial charge in [-0.15, -0.1) is 11.3 Å². The van der Waals surface area contributed by atoms with Gasteiger partial charge in [0.2, 0.25) is 11.8 Å². The molecule has 0 unspecified atom stereocenters. The van der Waals surface area contributed by atoms with Crippen LogP contribution in [0.15, 0.2) is 66.0 Å². The molecule has 34 heavy (non-hydrogen) atoms. The van der Waals surface area contributed by atoms with Crippen LogP contribution in [0.2, 0.25) is 0 Å². The number of methoxy groups -OCH3 is 1. The number of carbonyl (C=O) groups excluding carboxylic acids is 2. The van der Waals surface area contributed by atoms with Crippen molar-refractivity contribution in [1.29, 1.82) is 0 Å². The molecule has 6 heteroatoms. The van der Waals surface area contributed by atoms with E-state index in [1.807, 2.05) is 73.0 Å². The van der Waals surface area contributed by atoms with Gasteiger partial charge in [0.25, 0.3) is 0 Å². The smallest absolute Gasteiger partial charge is 0.247 e. The Morgan fingerprint density at radius 2 is 1.79 bits per heavy atom. The zero-order valence-corrected chi connectivity index (χ0v) is 20.6. The van der Waals surface area contributed by atoms with Gasteiger partial charge in [-0.25, -0.2) is 0 Å².